The molecule has 12 nitrogen and oxygen atoms in total. The molecule has 0 heterocycles. The van der Waals surface area contributed by atoms with Gasteiger partial charge in [0.2, 0.25) is 16.9 Å². The van der Waals surface area contributed by atoms with Gasteiger partial charge in [-0.15, -0.1) is 0 Å². The van der Waals surface area contributed by atoms with E-state index >= 15 is 0 Å². The zero-order chi connectivity index (χ0) is 25.6. The summed E-state index contributed by atoms with van der Waals surface area (Å²) in [6.45, 7) is 6.03. The molecule has 0 aromatic heterocycles. The van der Waals surface area contributed by atoms with E-state index in [-0.39, 0.29) is 68.8 Å². The zero-order valence-corrected chi connectivity index (χ0v) is 21.1. The summed E-state index contributed by atoms with van der Waals surface area (Å²) in [6.07, 6.45) is 2.00. The van der Waals surface area contributed by atoms with Crippen LogP contribution in [0.3, 0.4) is 0 Å². The summed E-state index contributed by atoms with van der Waals surface area (Å²) in [6, 6.07) is -0.745. The first-order valence-electron chi connectivity index (χ1n) is 11.2. The van der Waals surface area contributed by atoms with Gasteiger partial charge in [0, 0.05) is 25.6 Å². The van der Waals surface area contributed by atoms with Crippen LogP contribution in [0.1, 0.15) is 26.7 Å². The standard InChI is InChI=1S/C21H39N3O9S/c1-16(2)24-17(21(28)29)4-5-18(25)22-6-8-30-10-12-32-14-19(26)23-7-9-31-11-13-33-15-20(27)34-3/h16-17,24H,4-15H2,1-3H3,(H,22,25)(H,23,26)(H,28,29)/t17-/m0/s1. The van der Waals surface area contributed by atoms with Crippen LogP contribution in [0.15, 0.2) is 0 Å². The molecule has 4 N–H and O–H groups in total. The van der Waals surface area contributed by atoms with Gasteiger partial charge >= 0.3 is 5.97 Å². The minimum absolute atomic E-state index is 0.0135. The Morgan fingerprint density at radius 1 is 0.794 bits per heavy atom. The Balaban J connectivity index is 3.50. The second-order valence-corrected chi connectivity index (χ2v) is 8.22. The predicted octanol–water partition coefficient (Wildman–Crippen LogP) is -0.594. The number of nitrogens with one attached hydrogen (secondary N) is 3. The van der Waals surface area contributed by atoms with Crippen LogP contribution in [0.5, 0.6) is 0 Å². The highest BCUT2D eigenvalue weighted by atomic mass is 32.2. The number of thioether (sulfide) groups is 1. The molecule has 0 aliphatic heterocycles. The van der Waals surface area contributed by atoms with Gasteiger partial charge in [-0.3, -0.25) is 19.2 Å². The van der Waals surface area contributed by atoms with E-state index in [9.17, 15) is 19.2 Å². The lowest BCUT2D eigenvalue weighted by Crippen LogP contribution is -2.41. The van der Waals surface area contributed by atoms with E-state index in [1.54, 1.807) is 6.26 Å². The highest BCUT2D eigenvalue weighted by Crippen LogP contribution is 2.00. The summed E-state index contributed by atoms with van der Waals surface area (Å²) in [5.41, 5.74) is 0. The first kappa shape index (κ1) is 32.2. The normalized spacial score (nSPS) is 11.9. The first-order valence-corrected chi connectivity index (χ1v) is 12.4. The van der Waals surface area contributed by atoms with E-state index in [1.165, 1.54) is 0 Å². The number of rotatable bonds is 22. The second-order valence-electron chi connectivity index (χ2n) is 7.36. The zero-order valence-electron chi connectivity index (χ0n) is 20.3. The van der Waals surface area contributed by atoms with Crippen LogP contribution >= 0.6 is 11.8 Å². The van der Waals surface area contributed by atoms with Crippen molar-refractivity contribution in [2.75, 3.05) is 72.2 Å². The maximum Gasteiger partial charge on any atom is 0.320 e. The van der Waals surface area contributed by atoms with Gasteiger partial charge in [0.05, 0.1) is 39.6 Å². The molecule has 0 aliphatic carbocycles. The number of carbonyl (C=O) groups excluding carboxylic acids is 3. The van der Waals surface area contributed by atoms with Crippen LogP contribution in [0.2, 0.25) is 0 Å². The number of amides is 2. The lowest BCUT2D eigenvalue weighted by molar-refractivity contribution is -0.140. The average Bonchev–Trinajstić information content (AvgIpc) is 2.79. The fourth-order valence-corrected chi connectivity index (χ4v) is 2.64. The van der Waals surface area contributed by atoms with Gasteiger partial charge in [0.25, 0.3) is 0 Å². The minimum Gasteiger partial charge on any atom is -0.480 e. The molecule has 0 unspecified atom stereocenters. The van der Waals surface area contributed by atoms with Gasteiger partial charge in [-0.25, -0.2) is 0 Å². The molecule has 0 aromatic carbocycles. The van der Waals surface area contributed by atoms with Crippen molar-refractivity contribution in [3.8, 4) is 0 Å². The summed E-state index contributed by atoms with van der Waals surface area (Å²) in [5, 5.41) is 17.3. The molecule has 13 heteroatoms. The van der Waals surface area contributed by atoms with Crippen molar-refractivity contribution in [1.82, 2.24) is 16.0 Å². The van der Waals surface area contributed by atoms with Crippen molar-refractivity contribution in [2.24, 2.45) is 0 Å². The van der Waals surface area contributed by atoms with Crippen molar-refractivity contribution in [3.63, 3.8) is 0 Å². The minimum atomic E-state index is -0.978. The predicted molar refractivity (Wildman–Crippen MR) is 127 cm³/mol. The Morgan fingerprint density at radius 2 is 1.32 bits per heavy atom. The smallest absolute Gasteiger partial charge is 0.320 e. The van der Waals surface area contributed by atoms with E-state index in [4.69, 9.17) is 24.1 Å². The molecule has 0 aliphatic rings. The molecule has 0 bridgehead atoms. The summed E-state index contributed by atoms with van der Waals surface area (Å²) in [4.78, 5) is 45.6. The SMILES string of the molecule is CSC(=O)COCCOCCNC(=O)COCCOCCNC(=O)CC[C@H](NC(C)C)C(=O)O. The van der Waals surface area contributed by atoms with Crippen molar-refractivity contribution in [1.29, 1.82) is 0 Å². The van der Waals surface area contributed by atoms with Gasteiger partial charge < -0.3 is 40.0 Å². The Kier molecular flexibility index (Phi) is 20.6. The molecule has 0 rings (SSSR count). The number of ether oxygens (including phenoxy) is 4. The van der Waals surface area contributed by atoms with Crippen LogP contribution in [0, 0.1) is 0 Å². The van der Waals surface area contributed by atoms with Crippen molar-refractivity contribution in [3.05, 3.63) is 0 Å². The van der Waals surface area contributed by atoms with E-state index in [1.807, 2.05) is 13.8 Å². The van der Waals surface area contributed by atoms with Crippen molar-refractivity contribution < 1.29 is 43.2 Å². The monoisotopic (exact) mass is 509 g/mol. The summed E-state index contributed by atoms with van der Waals surface area (Å²) >= 11 is 1.11. The van der Waals surface area contributed by atoms with Gasteiger partial charge in [0.15, 0.2) is 0 Å². The fourth-order valence-electron chi connectivity index (χ4n) is 2.44. The molecule has 2 amide bonds. The van der Waals surface area contributed by atoms with E-state index < -0.39 is 12.0 Å². The van der Waals surface area contributed by atoms with E-state index in [0.717, 1.165) is 11.8 Å². The topological polar surface area (TPSA) is 162 Å². The van der Waals surface area contributed by atoms with Crippen LogP contribution < -0.4 is 16.0 Å². The Labute approximate surface area is 205 Å². The van der Waals surface area contributed by atoms with Crippen molar-refractivity contribution >= 4 is 34.7 Å². The maximum atomic E-state index is 11.8. The molecule has 0 saturated heterocycles. The van der Waals surface area contributed by atoms with Crippen LogP contribution in [-0.2, 0) is 38.1 Å². The molecule has 0 radical (unpaired) electrons. The highest BCUT2D eigenvalue weighted by Gasteiger charge is 2.19. The number of aliphatic carboxylic acids is 1. The number of carboxylic acids is 1. The molecular weight excluding hydrogens is 470 g/mol. The molecule has 0 saturated carbocycles. The molecule has 0 spiro atoms. The summed E-state index contributed by atoms with van der Waals surface area (Å²) in [7, 11) is 0. The number of hydrogen-bond acceptors (Lipinski definition) is 10. The maximum absolute atomic E-state index is 11.8. The van der Waals surface area contributed by atoms with E-state index in [0.29, 0.717) is 32.9 Å². The Morgan fingerprint density at radius 3 is 1.85 bits per heavy atom. The largest absolute Gasteiger partial charge is 0.480 e. The summed E-state index contributed by atoms with van der Waals surface area (Å²) in [5.74, 6) is -1.49. The Bertz CT molecular complexity index is 594. The van der Waals surface area contributed by atoms with Gasteiger partial charge in [-0.2, -0.15) is 0 Å². The number of carbonyl (C=O) groups is 4. The van der Waals surface area contributed by atoms with Crippen molar-refractivity contribution in [2.45, 2.75) is 38.8 Å². The molecular formula is C21H39N3O9S. The highest BCUT2D eigenvalue weighted by molar-refractivity contribution is 8.13. The quantitative estimate of drug-likeness (QED) is 0.138. The van der Waals surface area contributed by atoms with Gasteiger partial charge in [0.1, 0.15) is 19.3 Å². The Hall–Kier alpha value is -1.77. The van der Waals surface area contributed by atoms with Crippen LogP contribution in [-0.4, -0.2) is 112 Å². The number of hydrogen-bond donors (Lipinski definition) is 4. The van der Waals surface area contributed by atoms with Gasteiger partial charge in [-0.05, 0) is 12.7 Å². The van der Waals surface area contributed by atoms with E-state index in [2.05, 4.69) is 16.0 Å². The third-order valence-corrected chi connectivity index (χ3v) is 4.63. The third-order valence-electron chi connectivity index (χ3n) is 4.05. The molecule has 1 atom stereocenters. The third kappa shape index (κ3) is 20.8. The summed E-state index contributed by atoms with van der Waals surface area (Å²) < 4.78 is 20.9. The number of carboxylic acid groups (broad SMARTS) is 1. The van der Waals surface area contributed by atoms with Crippen LogP contribution in [0.25, 0.3) is 0 Å². The average molecular weight is 510 g/mol. The first-order chi connectivity index (χ1) is 16.3. The van der Waals surface area contributed by atoms with Crippen LogP contribution in [0.4, 0.5) is 0 Å². The lowest BCUT2D eigenvalue weighted by atomic mass is 10.1. The second kappa shape index (κ2) is 21.7. The molecule has 0 aromatic rings. The lowest BCUT2D eigenvalue weighted by Gasteiger charge is -2.16. The molecule has 0 fully saturated rings. The molecule has 198 valence electrons. The fraction of sp³-hybridized carbons (Fsp3) is 0.810. The molecule has 34 heavy (non-hydrogen) atoms. The van der Waals surface area contributed by atoms with Gasteiger partial charge in [-0.1, -0.05) is 25.6 Å².